The van der Waals surface area contributed by atoms with E-state index in [2.05, 4.69) is 6.58 Å². The Balaban J connectivity index is 2.92. The first-order chi connectivity index (χ1) is 6.99. The minimum Gasteiger partial charge on any atom is -0.481 e. The number of hydrogen-bond donors (Lipinski definition) is 2. The summed E-state index contributed by atoms with van der Waals surface area (Å²) in [7, 11) is 0. The number of carboxylic acid groups (broad SMARTS) is 1. The van der Waals surface area contributed by atoms with Crippen molar-refractivity contribution in [3.05, 3.63) is 12.7 Å². The van der Waals surface area contributed by atoms with Crippen LogP contribution in [0.1, 0.15) is 19.8 Å². The quantitative estimate of drug-likeness (QED) is 0.677. The van der Waals surface area contributed by atoms with Crippen LogP contribution in [0.25, 0.3) is 0 Å². The third kappa shape index (κ3) is 2.26. The lowest BCUT2D eigenvalue weighted by Gasteiger charge is -2.20. The van der Waals surface area contributed by atoms with Gasteiger partial charge in [0.15, 0.2) is 0 Å². The first-order valence-electron chi connectivity index (χ1n) is 5.03. The van der Waals surface area contributed by atoms with Crippen LogP contribution in [-0.4, -0.2) is 28.1 Å². The van der Waals surface area contributed by atoms with E-state index in [1.807, 2.05) is 0 Å². The fourth-order valence-corrected chi connectivity index (χ4v) is 2.29. The third-order valence-electron chi connectivity index (χ3n) is 3.07. The molecule has 0 bridgehead atoms. The van der Waals surface area contributed by atoms with Crippen molar-refractivity contribution in [1.82, 2.24) is 0 Å². The van der Waals surface area contributed by atoms with Gasteiger partial charge in [0.1, 0.15) is 5.78 Å². The van der Waals surface area contributed by atoms with Crippen molar-refractivity contribution < 1.29 is 19.8 Å². The van der Waals surface area contributed by atoms with Crippen LogP contribution in [0.2, 0.25) is 0 Å². The molecule has 0 radical (unpaired) electrons. The number of ketones is 1. The molecule has 1 saturated carbocycles. The molecule has 0 aliphatic heterocycles. The first kappa shape index (κ1) is 11.9. The van der Waals surface area contributed by atoms with Crippen molar-refractivity contribution in [3.63, 3.8) is 0 Å². The van der Waals surface area contributed by atoms with Crippen molar-refractivity contribution in [1.29, 1.82) is 0 Å². The van der Waals surface area contributed by atoms with Gasteiger partial charge in [0.2, 0.25) is 0 Å². The van der Waals surface area contributed by atoms with Gasteiger partial charge in [-0.25, -0.2) is 0 Å². The summed E-state index contributed by atoms with van der Waals surface area (Å²) in [5, 5.41) is 18.5. The van der Waals surface area contributed by atoms with E-state index in [-0.39, 0.29) is 12.2 Å². The molecule has 4 unspecified atom stereocenters. The maximum Gasteiger partial charge on any atom is 0.307 e. The number of allylic oxidation sites excluding steroid dienone is 1. The summed E-state index contributed by atoms with van der Waals surface area (Å²) < 4.78 is 0. The van der Waals surface area contributed by atoms with E-state index in [9.17, 15) is 14.7 Å². The van der Waals surface area contributed by atoms with Crippen LogP contribution >= 0.6 is 0 Å². The highest BCUT2D eigenvalue weighted by Gasteiger charge is 2.47. The van der Waals surface area contributed by atoms with Crippen molar-refractivity contribution in [2.75, 3.05) is 0 Å². The van der Waals surface area contributed by atoms with Crippen LogP contribution in [0.3, 0.4) is 0 Å². The second-order valence-corrected chi connectivity index (χ2v) is 4.07. The molecule has 0 saturated heterocycles. The number of aliphatic hydroxyl groups excluding tert-OH is 1. The van der Waals surface area contributed by atoms with Gasteiger partial charge in [0, 0.05) is 18.3 Å². The summed E-state index contributed by atoms with van der Waals surface area (Å²) in [6.45, 7) is 5.05. The molecule has 4 atom stereocenters. The normalized spacial score (nSPS) is 32.7. The van der Waals surface area contributed by atoms with Gasteiger partial charge in [-0.1, -0.05) is 6.08 Å². The Kier molecular flexibility index (Phi) is 3.63. The molecule has 4 nitrogen and oxygen atoms in total. The number of carbonyl (C=O) groups excluding carboxylic acids is 1. The Labute approximate surface area is 88.6 Å². The second kappa shape index (κ2) is 4.57. The largest absolute Gasteiger partial charge is 0.481 e. The Hall–Kier alpha value is -1.16. The summed E-state index contributed by atoms with van der Waals surface area (Å²) in [6, 6.07) is 0. The molecule has 1 aliphatic carbocycles. The highest BCUT2D eigenvalue weighted by Crippen LogP contribution is 2.38. The van der Waals surface area contributed by atoms with Crippen molar-refractivity contribution in [2.24, 2.45) is 17.8 Å². The van der Waals surface area contributed by atoms with Crippen molar-refractivity contribution in [2.45, 2.75) is 25.9 Å². The predicted octanol–water partition coefficient (Wildman–Crippen LogP) is 0.849. The minimum atomic E-state index is -1.00. The van der Waals surface area contributed by atoms with Crippen LogP contribution in [0.4, 0.5) is 0 Å². The average Bonchev–Trinajstić information content (AvgIpc) is 2.45. The second-order valence-electron chi connectivity index (χ2n) is 4.07. The molecule has 2 N–H and O–H groups in total. The van der Waals surface area contributed by atoms with Gasteiger partial charge in [-0.15, -0.1) is 6.58 Å². The molecule has 0 aromatic rings. The van der Waals surface area contributed by atoms with Crippen molar-refractivity contribution in [3.8, 4) is 0 Å². The number of aliphatic carboxylic acids is 1. The molecule has 0 heterocycles. The van der Waals surface area contributed by atoms with Gasteiger partial charge in [-0.3, -0.25) is 9.59 Å². The highest BCUT2D eigenvalue weighted by molar-refractivity contribution is 5.90. The van der Waals surface area contributed by atoms with E-state index in [0.29, 0.717) is 6.42 Å². The van der Waals surface area contributed by atoms with E-state index in [0.717, 1.165) is 0 Å². The summed E-state index contributed by atoms with van der Waals surface area (Å²) in [6.07, 6.45) is 1.33. The van der Waals surface area contributed by atoms with Gasteiger partial charge >= 0.3 is 5.97 Å². The number of carbonyl (C=O) groups is 2. The molecule has 1 rings (SSSR count). The topological polar surface area (TPSA) is 74.6 Å². The molecule has 0 amide bonds. The smallest absolute Gasteiger partial charge is 0.307 e. The number of hydrogen-bond acceptors (Lipinski definition) is 3. The van der Waals surface area contributed by atoms with E-state index in [1.54, 1.807) is 6.08 Å². The monoisotopic (exact) mass is 212 g/mol. The first-order valence-corrected chi connectivity index (χ1v) is 5.03. The van der Waals surface area contributed by atoms with E-state index in [4.69, 9.17) is 5.11 Å². The van der Waals surface area contributed by atoms with Crippen LogP contribution in [0.15, 0.2) is 12.7 Å². The molecule has 1 fully saturated rings. The summed E-state index contributed by atoms with van der Waals surface area (Å²) in [5.41, 5.74) is 0. The molecular weight excluding hydrogens is 196 g/mol. The third-order valence-corrected chi connectivity index (χ3v) is 3.07. The molecule has 1 aliphatic rings. The van der Waals surface area contributed by atoms with Crippen LogP contribution in [0.5, 0.6) is 0 Å². The van der Waals surface area contributed by atoms with E-state index in [1.165, 1.54) is 6.92 Å². The number of carboxylic acids is 1. The molecule has 15 heavy (non-hydrogen) atoms. The van der Waals surface area contributed by atoms with Crippen molar-refractivity contribution >= 4 is 11.8 Å². The van der Waals surface area contributed by atoms with Crippen LogP contribution < -0.4 is 0 Å². The zero-order valence-corrected chi connectivity index (χ0v) is 8.72. The predicted molar refractivity (Wildman–Crippen MR) is 54.2 cm³/mol. The molecular formula is C11H16O4. The lowest BCUT2D eigenvalue weighted by Crippen LogP contribution is -2.30. The zero-order valence-electron chi connectivity index (χ0n) is 8.72. The highest BCUT2D eigenvalue weighted by atomic mass is 16.4. The van der Waals surface area contributed by atoms with Gasteiger partial charge in [-0.2, -0.15) is 0 Å². The van der Waals surface area contributed by atoms with Crippen LogP contribution in [-0.2, 0) is 9.59 Å². The summed E-state index contributed by atoms with van der Waals surface area (Å²) in [4.78, 5) is 22.6. The van der Waals surface area contributed by atoms with Gasteiger partial charge in [0.25, 0.3) is 0 Å². The maximum atomic E-state index is 11.6. The van der Waals surface area contributed by atoms with Gasteiger partial charge in [-0.05, 0) is 13.3 Å². The fourth-order valence-electron chi connectivity index (χ4n) is 2.29. The Morgan fingerprint density at radius 2 is 2.33 bits per heavy atom. The Morgan fingerprint density at radius 3 is 2.73 bits per heavy atom. The molecule has 0 aromatic carbocycles. The van der Waals surface area contributed by atoms with Gasteiger partial charge in [0.05, 0.1) is 12.0 Å². The lowest BCUT2D eigenvalue weighted by atomic mass is 9.85. The van der Waals surface area contributed by atoms with E-state index < -0.39 is 29.8 Å². The number of Topliss-reactive ketones (excluding diaryl/α,β-unsaturated/α-hetero) is 1. The van der Waals surface area contributed by atoms with Gasteiger partial charge < -0.3 is 10.2 Å². The lowest BCUT2D eigenvalue weighted by molar-refractivity contribution is -0.146. The molecule has 0 spiro atoms. The summed E-state index contributed by atoms with van der Waals surface area (Å²) >= 11 is 0. The summed E-state index contributed by atoms with van der Waals surface area (Å²) in [5.74, 6) is -2.82. The fraction of sp³-hybridized carbons (Fsp3) is 0.636. The molecule has 4 heteroatoms. The SMILES string of the molecule is C=CCC1C(=O)CC(C(C)O)C1C(=O)O. The number of aliphatic hydroxyl groups is 1. The zero-order chi connectivity index (χ0) is 11.6. The molecule has 84 valence electrons. The van der Waals surface area contributed by atoms with Crippen LogP contribution in [0, 0.1) is 17.8 Å². The minimum absolute atomic E-state index is 0.0757. The standard InChI is InChI=1S/C11H16O4/c1-3-4-7-9(13)5-8(6(2)12)10(7)11(14)15/h3,6-8,10,12H,1,4-5H2,2H3,(H,14,15). The average molecular weight is 212 g/mol. The Bertz CT molecular complexity index is 282. The maximum absolute atomic E-state index is 11.6. The van der Waals surface area contributed by atoms with E-state index >= 15 is 0 Å². The molecule has 0 aromatic heterocycles. The Morgan fingerprint density at radius 1 is 1.73 bits per heavy atom. The number of rotatable bonds is 4.